The fourth-order valence-electron chi connectivity index (χ4n) is 0.560. The highest BCUT2D eigenvalue weighted by Gasteiger charge is 1.84. The van der Waals surface area contributed by atoms with Crippen molar-refractivity contribution in [3.63, 3.8) is 0 Å². The third-order valence-electron chi connectivity index (χ3n) is 1.70. The van der Waals surface area contributed by atoms with Crippen molar-refractivity contribution in [2.45, 2.75) is 26.7 Å². The van der Waals surface area contributed by atoms with Crippen LogP contribution in [0.5, 0.6) is 0 Å². The second-order valence-electron chi connectivity index (χ2n) is 2.71. The smallest absolute Gasteiger partial charge is 0.0163 e. The molecule has 11 heavy (non-hydrogen) atoms. The van der Waals surface area contributed by atoms with Crippen molar-refractivity contribution in [2.75, 3.05) is 0 Å². The number of hydrogen-bond acceptors (Lipinski definition) is 0. The van der Waals surface area contributed by atoms with Crippen LogP contribution in [0, 0.1) is 5.92 Å². The van der Waals surface area contributed by atoms with E-state index in [-0.39, 0.29) is 0 Å². The molecule has 0 aromatic heterocycles. The SMILES string of the molecule is C1=CCC=C1.C=CC(C)CC. The van der Waals surface area contributed by atoms with Gasteiger partial charge in [-0.3, -0.25) is 0 Å². The molecule has 0 aromatic carbocycles. The molecule has 0 heterocycles. The highest BCUT2D eigenvalue weighted by atomic mass is 13.9. The first-order valence-corrected chi connectivity index (χ1v) is 4.25. The second kappa shape index (κ2) is 7.33. The van der Waals surface area contributed by atoms with Crippen LogP contribution < -0.4 is 0 Å². The molecule has 1 aliphatic rings. The Bertz CT molecular complexity index is 130. The lowest BCUT2D eigenvalue weighted by atomic mass is 10.1. The van der Waals surface area contributed by atoms with Crippen molar-refractivity contribution in [2.24, 2.45) is 5.92 Å². The molecule has 0 amide bonds. The van der Waals surface area contributed by atoms with E-state index < -0.39 is 0 Å². The average molecular weight is 150 g/mol. The maximum atomic E-state index is 3.63. The molecule has 0 nitrogen and oxygen atoms in total. The van der Waals surface area contributed by atoms with Gasteiger partial charge in [0.2, 0.25) is 0 Å². The van der Waals surface area contributed by atoms with Gasteiger partial charge in [-0.05, 0) is 12.3 Å². The zero-order chi connectivity index (χ0) is 8.53. The summed E-state index contributed by atoms with van der Waals surface area (Å²) < 4.78 is 0. The largest absolute Gasteiger partial charge is 0.103 e. The topological polar surface area (TPSA) is 0 Å². The molecule has 0 aromatic rings. The summed E-state index contributed by atoms with van der Waals surface area (Å²) in [6.07, 6.45) is 12.7. The van der Waals surface area contributed by atoms with Gasteiger partial charge in [-0.1, -0.05) is 50.6 Å². The summed E-state index contributed by atoms with van der Waals surface area (Å²) in [5, 5.41) is 0. The maximum Gasteiger partial charge on any atom is -0.0163 e. The highest BCUT2D eigenvalue weighted by molar-refractivity contribution is 5.11. The first kappa shape index (κ1) is 10.2. The van der Waals surface area contributed by atoms with Crippen LogP contribution in [0.4, 0.5) is 0 Å². The minimum absolute atomic E-state index is 0.699. The van der Waals surface area contributed by atoms with Crippen LogP contribution in [0.3, 0.4) is 0 Å². The third kappa shape index (κ3) is 7.11. The molecule has 0 aliphatic heterocycles. The molecule has 1 aliphatic carbocycles. The zero-order valence-corrected chi connectivity index (χ0v) is 7.59. The van der Waals surface area contributed by atoms with E-state index in [9.17, 15) is 0 Å². The molecule has 1 rings (SSSR count). The van der Waals surface area contributed by atoms with Gasteiger partial charge in [-0.15, -0.1) is 6.58 Å². The summed E-state index contributed by atoms with van der Waals surface area (Å²) in [6.45, 7) is 7.95. The Morgan fingerprint density at radius 2 is 2.00 bits per heavy atom. The van der Waals surface area contributed by atoms with Crippen molar-refractivity contribution in [3.05, 3.63) is 37.0 Å². The number of hydrogen-bond donors (Lipinski definition) is 0. The van der Waals surface area contributed by atoms with E-state index in [1.807, 2.05) is 6.08 Å². The minimum atomic E-state index is 0.699. The molecule has 62 valence electrons. The Hall–Kier alpha value is -0.780. The van der Waals surface area contributed by atoms with Gasteiger partial charge in [0.1, 0.15) is 0 Å². The van der Waals surface area contributed by atoms with Crippen molar-refractivity contribution < 1.29 is 0 Å². The summed E-state index contributed by atoms with van der Waals surface area (Å²) in [6, 6.07) is 0. The van der Waals surface area contributed by atoms with Crippen LogP contribution in [0.25, 0.3) is 0 Å². The highest BCUT2D eigenvalue weighted by Crippen LogP contribution is 1.98. The predicted molar refractivity (Wildman–Crippen MR) is 52.5 cm³/mol. The van der Waals surface area contributed by atoms with Gasteiger partial charge < -0.3 is 0 Å². The molecule has 0 saturated carbocycles. The van der Waals surface area contributed by atoms with Crippen molar-refractivity contribution in [1.29, 1.82) is 0 Å². The molecule has 1 unspecified atom stereocenters. The summed E-state index contributed by atoms with van der Waals surface area (Å²) in [5.41, 5.74) is 0. The molecule has 1 atom stereocenters. The van der Waals surface area contributed by atoms with Crippen LogP contribution in [-0.4, -0.2) is 0 Å². The van der Waals surface area contributed by atoms with Gasteiger partial charge in [-0.25, -0.2) is 0 Å². The Balaban J connectivity index is 0.000000183. The molecular formula is C11H18. The lowest BCUT2D eigenvalue weighted by Gasteiger charge is -1.93. The summed E-state index contributed by atoms with van der Waals surface area (Å²) in [5.74, 6) is 0.699. The Labute approximate surface area is 70.3 Å². The predicted octanol–water partition coefficient (Wildman–Crippen LogP) is 3.72. The van der Waals surface area contributed by atoms with E-state index in [2.05, 4.69) is 44.7 Å². The number of rotatable bonds is 2. The van der Waals surface area contributed by atoms with Gasteiger partial charge in [0, 0.05) is 0 Å². The minimum Gasteiger partial charge on any atom is -0.103 e. The molecule has 0 radical (unpaired) electrons. The molecule has 0 heteroatoms. The summed E-state index contributed by atoms with van der Waals surface area (Å²) in [4.78, 5) is 0. The summed E-state index contributed by atoms with van der Waals surface area (Å²) in [7, 11) is 0. The Kier molecular flexibility index (Phi) is 6.81. The van der Waals surface area contributed by atoms with E-state index >= 15 is 0 Å². The maximum absolute atomic E-state index is 3.63. The van der Waals surface area contributed by atoms with Gasteiger partial charge in [0.05, 0.1) is 0 Å². The fraction of sp³-hybridized carbons (Fsp3) is 0.455. The summed E-state index contributed by atoms with van der Waals surface area (Å²) >= 11 is 0. The van der Waals surface area contributed by atoms with Gasteiger partial charge in [0.15, 0.2) is 0 Å². The fourth-order valence-corrected chi connectivity index (χ4v) is 0.560. The van der Waals surface area contributed by atoms with Crippen molar-refractivity contribution >= 4 is 0 Å². The first-order chi connectivity index (χ1) is 5.31. The zero-order valence-electron chi connectivity index (χ0n) is 7.59. The quantitative estimate of drug-likeness (QED) is 0.526. The lowest BCUT2D eigenvalue weighted by molar-refractivity contribution is 0.700. The molecule has 0 N–H and O–H groups in total. The molecular weight excluding hydrogens is 132 g/mol. The van der Waals surface area contributed by atoms with Crippen molar-refractivity contribution in [1.82, 2.24) is 0 Å². The van der Waals surface area contributed by atoms with E-state index in [0.717, 1.165) is 6.42 Å². The van der Waals surface area contributed by atoms with Crippen LogP contribution in [-0.2, 0) is 0 Å². The third-order valence-corrected chi connectivity index (χ3v) is 1.70. The lowest BCUT2D eigenvalue weighted by Crippen LogP contribution is -1.80. The van der Waals surface area contributed by atoms with E-state index in [4.69, 9.17) is 0 Å². The number of allylic oxidation sites excluding steroid dienone is 5. The molecule has 0 fully saturated rings. The standard InChI is InChI=1S/C6H12.C5H6/c1-4-6(3)5-2;1-2-4-5-3-1/h4,6H,1,5H2,2-3H3;1-4H,5H2. The van der Waals surface area contributed by atoms with Gasteiger partial charge >= 0.3 is 0 Å². The van der Waals surface area contributed by atoms with Gasteiger partial charge in [0.25, 0.3) is 0 Å². The van der Waals surface area contributed by atoms with Crippen LogP contribution in [0.1, 0.15) is 26.7 Å². The Morgan fingerprint density at radius 1 is 1.45 bits per heavy atom. The van der Waals surface area contributed by atoms with Crippen LogP contribution in [0.15, 0.2) is 37.0 Å². The normalized spacial score (nSPS) is 15.5. The monoisotopic (exact) mass is 150 g/mol. The van der Waals surface area contributed by atoms with Gasteiger partial charge in [-0.2, -0.15) is 0 Å². The Morgan fingerprint density at radius 3 is 2.09 bits per heavy atom. The molecule has 0 spiro atoms. The van der Waals surface area contributed by atoms with Crippen LogP contribution >= 0.6 is 0 Å². The van der Waals surface area contributed by atoms with Crippen LogP contribution in [0.2, 0.25) is 0 Å². The first-order valence-electron chi connectivity index (χ1n) is 4.25. The second-order valence-corrected chi connectivity index (χ2v) is 2.71. The molecule has 0 bridgehead atoms. The van der Waals surface area contributed by atoms with E-state index in [1.54, 1.807) is 0 Å². The van der Waals surface area contributed by atoms with Crippen molar-refractivity contribution in [3.8, 4) is 0 Å². The van der Waals surface area contributed by atoms with E-state index in [0.29, 0.717) is 5.92 Å². The average Bonchev–Trinajstić information content (AvgIpc) is 2.60. The van der Waals surface area contributed by atoms with E-state index in [1.165, 1.54) is 6.42 Å². The molecule has 0 saturated heterocycles.